The molecule has 0 saturated carbocycles. The summed E-state index contributed by atoms with van der Waals surface area (Å²) in [7, 11) is 5.36. The summed E-state index contributed by atoms with van der Waals surface area (Å²) >= 11 is 0. The number of ether oxygens (including phenoxy) is 3. The molecule has 8 nitrogen and oxygen atoms in total. The lowest BCUT2D eigenvalue weighted by atomic mass is 10.1. The number of carbonyl (C=O) groups excluding carboxylic acids is 3. The second-order valence-electron chi connectivity index (χ2n) is 13.8. The van der Waals surface area contributed by atoms with Crippen molar-refractivity contribution < 1.29 is 38.2 Å². The Balaban J connectivity index is 4.51. The molecule has 0 aromatic heterocycles. The minimum absolute atomic E-state index is 0.0142. The Morgan fingerprint density at radius 3 is 1.69 bits per heavy atom. The van der Waals surface area contributed by atoms with Crippen molar-refractivity contribution in [1.29, 1.82) is 0 Å². The highest BCUT2D eigenvalue weighted by atomic mass is 16.6. The Kier molecular flexibility index (Phi) is 31.7. The third kappa shape index (κ3) is 32.4. The summed E-state index contributed by atoms with van der Waals surface area (Å²) in [5.41, 5.74) is 0. The fourth-order valence-corrected chi connectivity index (χ4v) is 5.03. The van der Waals surface area contributed by atoms with Crippen LogP contribution in [0.15, 0.2) is 72.9 Å². The van der Waals surface area contributed by atoms with Crippen molar-refractivity contribution in [2.24, 2.45) is 0 Å². The summed E-state index contributed by atoms with van der Waals surface area (Å²) in [4.78, 5) is 36.6. The molecule has 0 bridgehead atoms. The van der Waals surface area contributed by atoms with E-state index in [1.165, 1.54) is 12.8 Å². The van der Waals surface area contributed by atoms with Gasteiger partial charge < -0.3 is 28.6 Å². The maximum Gasteiger partial charge on any atom is 0.306 e. The molecule has 0 aliphatic carbocycles. The van der Waals surface area contributed by atoms with Crippen LogP contribution in [0.1, 0.15) is 129 Å². The van der Waals surface area contributed by atoms with Crippen LogP contribution in [0.5, 0.6) is 0 Å². The minimum Gasteiger partial charge on any atom is -0.544 e. The van der Waals surface area contributed by atoms with E-state index in [1.54, 1.807) is 21.1 Å². The van der Waals surface area contributed by atoms with Gasteiger partial charge in [0, 0.05) is 19.3 Å². The van der Waals surface area contributed by atoms with Crippen molar-refractivity contribution in [2.45, 2.75) is 142 Å². The normalized spacial score (nSPS) is 13.8. The van der Waals surface area contributed by atoms with E-state index >= 15 is 0 Å². The number of allylic oxidation sites excluding steroid dienone is 12. The van der Waals surface area contributed by atoms with Gasteiger partial charge in [-0.2, -0.15) is 0 Å². The predicted octanol–water partition coefficient (Wildman–Crippen LogP) is 8.68. The van der Waals surface area contributed by atoms with Crippen molar-refractivity contribution in [1.82, 2.24) is 0 Å². The number of esters is 2. The summed E-state index contributed by atoms with van der Waals surface area (Å²) in [6.07, 6.45) is 40.8. The molecule has 0 saturated heterocycles. The molecule has 0 spiro atoms. The third-order valence-electron chi connectivity index (χ3n) is 8.08. The largest absolute Gasteiger partial charge is 0.544 e. The number of carboxylic acid groups (broad SMARTS) is 1. The molecule has 0 aliphatic rings. The Bertz CT molecular complexity index is 1060. The quantitative estimate of drug-likeness (QED) is 0.0290. The van der Waals surface area contributed by atoms with Crippen molar-refractivity contribution in [2.75, 3.05) is 41.0 Å². The van der Waals surface area contributed by atoms with Gasteiger partial charge in [-0.1, -0.05) is 112 Å². The van der Waals surface area contributed by atoms with Crippen molar-refractivity contribution >= 4 is 17.9 Å². The average molecular weight is 714 g/mol. The lowest BCUT2D eigenvalue weighted by Gasteiger charge is -2.34. The third-order valence-corrected chi connectivity index (χ3v) is 8.08. The van der Waals surface area contributed by atoms with Crippen LogP contribution >= 0.6 is 0 Å². The van der Waals surface area contributed by atoms with E-state index < -0.39 is 18.1 Å². The smallest absolute Gasteiger partial charge is 0.306 e. The predicted molar refractivity (Wildman–Crippen MR) is 208 cm³/mol. The minimum atomic E-state index is -1.14. The molecule has 0 aromatic rings. The van der Waals surface area contributed by atoms with Crippen LogP contribution < -0.4 is 5.11 Å². The molecule has 290 valence electrons. The number of rotatable bonds is 33. The number of carbonyl (C=O) groups is 3. The summed E-state index contributed by atoms with van der Waals surface area (Å²) in [5, 5.41) is 11.6. The Hall–Kier alpha value is -3.23. The van der Waals surface area contributed by atoms with Crippen LogP contribution in [0.2, 0.25) is 0 Å². The zero-order valence-electron chi connectivity index (χ0n) is 32.7. The summed E-state index contributed by atoms with van der Waals surface area (Å²) < 4.78 is 17.0. The second-order valence-corrected chi connectivity index (χ2v) is 13.8. The monoisotopic (exact) mass is 714 g/mol. The average Bonchev–Trinajstić information content (AvgIpc) is 3.08. The molecule has 0 heterocycles. The van der Waals surface area contributed by atoms with Gasteiger partial charge in [0.2, 0.25) is 0 Å². The van der Waals surface area contributed by atoms with Crippen LogP contribution in [-0.4, -0.2) is 75.5 Å². The van der Waals surface area contributed by atoms with Gasteiger partial charge in [-0.05, 0) is 70.6 Å². The number of nitrogens with zero attached hydrogens (tertiary/aromatic N) is 1. The molecular weight excluding hydrogens is 642 g/mol. The highest BCUT2D eigenvalue weighted by Gasteiger charge is 2.25. The second kappa shape index (κ2) is 33.9. The fraction of sp³-hybridized carbons (Fsp3) is 0.651. The van der Waals surface area contributed by atoms with Crippen LogP contribution in [0.4, 0.5) is 0 Å². The molecule has 0 N–H and O–H groups in total. The van der Waals surface area contributed by atoms with E-state index in [0.717, 1.165) is 77.0 Å². The maximum absolute atomic E-state index is 12.6. The molecular formula is C43H71NO7. The first-order valence-corrected chi connectivity index (χ1v) is 19.5. The van der Waals surface area contributed by atoms with Gasteiger partial charge in [0.05, 0.1) is 40.3 Å². The van der Waals surface area contributed by atoms with Gasteiger partial charge in [-0.25, -0.2) is 0 Å². The highest BCUT2D eigenvalue weighted by molar-refractivity contribution is 5.70. The lowest BCUT2D eigenvalue weighted by Crippen LogP contribution is -2.55. The van der Waals surface area contributed by atoms with E-state index in [-0.39, 0.29) is 55.5 Å². The molecule has 2 unspecified atom stereocenters. The van der Waals surface area contributed by atoms with Gasteiger partial charge in [0.25, 0.3) is 0 Å². The number of quaternary nitrogens is 1. The number of carboxylic acids is 1. The van der Waals surface area contributed by atoms with E-state index in [0.29, 0.717) is 6.42 Å². The fourth-order valence-electron chi connectivity index (χ4n) is 5.03. The first-order chi connectivity index (χ1) is 24.6. The Morgan fingerprint density at radius 2 is 1.12 bits per heavy atom. The topological polar surface area (TPSA) is 102 Å². The van der Waals surface area contributed by atoms with Crippen LogP contribution in [-0.2, 0) is 28.6 Å². The number of hydrogen-bond acceptors (Lipinski definition) is 7. The highest BCUT2D eigenvalue weighted by Crippen LogP contribution is 2.11. The van der Waals surface area contributed by atoms with Gasteiger partial charge >= 0.3 is 11.9 Å². The lowest BCUT2D eigenvalue weighted by molar-refractivity contribution is -0.889. The van der Waals surface area contributed by atoms with Gasteiger partial charge in [0.1, 0.15) is 12.6 Å². The van der Waals surface area contributed by atoms with E-state index in [4.69, 9.17) is 14.2 Å². The molecule has 0 radical (unpaired) electrons. The molecule has 8 heteroatoms. The van der Waals surface area contributed by atoms with Crippen molar-refractivity contribution in [3.63, 3.8) is 0 Å². The molecule has 0 rings (SSSR count). The molecule has 2 atom stereocenters. The van der Waals surface area contributed by atoms with Crippen LogP contribution in [0.25, 0.3) is 0 Å². The molecule has 51 heavy (non-hydrogen) atoms. The molecule has 0 aromatic carbocycles. The summed E-state index contributed by atoms with van der Waals surface area (Å²) in [5.74, 6) is -1.84. The van der Waals surface area contributed by atoms with Crippen LogP contribution in [0.3, 0.4) is 0 Å². The zero-order valence-corrected chi connectivity index (χ0v) is 32.7. The van der Waals surface area contributed by atoms with Gasteiger partial charge in [-0.15, -0.1) is 0 Å². The van der Waals surface area contributed by atoms with Crippen LogP contribution in [0, 0.1) is 0 Å². The van der Waals surface area contributed by atoms with Gasteiger partial charge in [-0.3, -0.25) is 9.59 Å². The standard InChI is InChI=1S/C43H71NO7/c1-6-8-10-12-14-16-18-19-20-21-22-23-24-26-27-29-31-33-41(45)50-38-39(37-49-36-35-40(43(47)48)44(3,4)5)51-42(46)34-32-30-28-25-17-15-13-11-9-7-2/h8,10,13-16,19-20,22-23,26-27,39-40H,6-7,9,11-12,17-18,21,24-25,28-38H2,1-5H3/b10-8+,15-13+,16-14+,20-19+,23-22+,27-26+. The summed E-state index contributed by atoms with van der Waals surface area (Å²) in [6, 6.07) is -0.737. The summed E-state index contributed by atoms with van der Waals surface area (Å²) in [6.45, 7) is 4.39. The SMILES string of the molecule is CC/C=C/C/C=C/C/C=C/C/C=C/C/C=C/CCCC(=O)OCC(COCCC(C(=O)[O-])[N+](C)(C)C)OC(=O)CCCCCC/C=C/CCCC. The van der Waals surface area contributed by atoms with E-state index in [2.05, 4.69) is 86.8 Å². The first-order valence-electron chi connectivity index (χ1n) is 19.5. The molecule has 0 amide bonds. The van der Waals surface area contributed by atoms with Crippen molar-refractivity contribution in [3.05, 3.63) is 72.9 Å². The van der Waals surface area contributed by atoms with Crippen molar-refractivity contribution in [3.8, 4) is 0 Å². The molecule has 0 aliphatic heterocycles. The van der Waals surface area contributed by atoms with E-state index in [9.17, 15) is 19.5 Å². The number of likely N-dealkylation sites (N-methyl/N-ethyl adjacent to an activating group) is 1. The molecule has 0 fully saturated rings. The maximum atomic E-state index is 12.6. The zero-order chi connectivity index (χ0) is 37.8. The number of aliphatic carboxylic acids is 1. The van der Waals surface area contributed by atoms with E-state index in [1.807, 2.05) is 0 Å². The van der Waals surface area contributed by atoms with Gasteiger partial charge in [0.15, 0.2) is 6.10 Å². The first kappa shape index (κ1) is 47.8. The Labute approximate surface area is 311 Å². The number of hydrogen-bond donors (Lipinski definition) is 0. The number of unbranched alkanes of at least 4 members (excludes halogenated alkanes) is 7. The Morgan fingerprint density at radius 1 is 0.608 bits per heavy atom.